The second kappa shape index (κ2) is 5.25. The number of carboxylic acids is 1. The zero-order chi connectivity index (χ0) is 9.84. The Kier molecular flexibility index (Phi) is 4.68. The molecule has 0 aromatic heterocycles. The molecule has 3 nitrogen and oxygen atoms in total. The average Bonchev–Trinajstić information content (AvgIpc) is 2.17. The highest BCUT2D eigenvalue weighted by atomic mass is 35.5. The van der Waals surface area contributed by atoms with E-state index in [0.717, 1.165) is 0 Å². The van der Waals surface area contributed by atoms with E-state index in [9.17, 15) is 4.79 Å². The number of benzene rings is 1. The predicted molar refractivity (Wildman–Crippen MR) is 54.5 cm³/mol. The van der Waals surface area contributed by atoms with Gasteiger partial charge in [0.2, 0.25) is 0 Å². The van der Waals surface area contributed by atoms with Crippen LogP contribution >= 0.6 is 12.4 Å². The SMILES string of the molecule is CC(C(=O)O)c1ccc(C#N)cc1.Cl. The molecule has 0 amide bonds. The number of hydrogen-bond acceptors (Lipinski definition) is 2. The molecule has 0 aliphatic rings. The smallest absolute Gasteiger partial charge is 0.310 e. The third kappa shape index (κ3) is 2.75. The first-order valence-electron chi connectivity index (χ1n) is 3.88. The molecular weight excluding hydrogens is 202 g/mol. The number of carboxylic acid groups (broad SMARTS) is 1. The van der Waals surface area contributed by atoms with Gasteiger partial charge in [-0.1, -0.05) is 12.1 Å². The van der Waals surface area contributed by atoms with Crippen molar-refractivity contribution in [2.75, 3.05) is 0 Å². The van der Waals surface area contributed by atoms with Crippen molar-refractivity contribution < 1.29 is 9.90 Å². The van der Waals surface area contributed by atoms with Gasteiger partial charge in [-0.3, -0.25) is 4.79 Å². The Bertz CT molecular complexity index is 353. The van der Waals surface area contributed by atoms with Gasteiger partial charge in [-0.15, -0.1) is 12.4 Å². The van der Waals surface area contributed by atoms with Gasteiger partial charge in [0.15, 0.2) is 0 Å². The van der Waals surface area contributed by atoms with E-state index in [4.69, 9.17) is 10.4 Å². The molecular formula is C10H10ClNO2. The van der Waals surface area contributed by atoms with Crippen molar-refractivity contribution >= 4 is 18.4 Å². The van der Waals surface area contributed by atoms with Crippen LogP contribution in [-0.2, 0) is 4.79 Å². The lowest BCUT2D eigenvalue weighted by molar-refractivity contribution is -0.138. The van der Waals surface area contributed by atoms with Crippen molar-refractivity contribution in [3.8, 4) is 6.07 Å². The van der Waals surface area contributed by atoms with Gasteiger partial charge in [0.1, 0.15) is 0 Å². The number of halogens is 1. The molecule has 1 aromatic rings. The first kappa shape index (κ1) is 12.5. The van der Waals surface area contributed by atoms with Crippen LogP contribution in [0.15, 0.2) is 24.3 Å². The summed E-state index contributed by atoms with van der Waals surface area (Å²) >= 11 is 0. The zero-order valence-corrected chi connectivity index (χ0v) is 8.41. The summed E-state index contributed by atoms with van der Waals surface area (Å²) in [6.07, 6.45) is 0. The summed E-state index contributed by atoms with van der Waals surface area (Å²) < 4.78 is 0. The zero-order valence-electron chi connectivity index (χ0n) is 7.60. The number of rotatable bonds is 2. The first-order valence-corrected chi connectivity index (χ1v) is 3.88. The Hall–Kier alpha value is -1.53. The largest absolute Gasteiger partial charge is 0.481 e. The van der Waals surface area contributed by atoms with Crippen molar-refractivity contribution in [1.29, 1.82) is 5.26 Å². The molecule has 1 atom stereocenters. The van der Waals surface area contributed by atoms with Crippen LogP contribution < -0.4 is 0 Å². The third-order valence-corrected chi connectivity index (χ3v) is 1.91. The van der Waals surface area contributed by atoms with Crippen LogP contribution in [0.3, 0.4) is 0 Å². The lowest BCUT2D eigenvalue weighted by Gasteiger charge is -2.05. The Morgan fingerprint density at radius 2 is 1.93 bits per heavy atom. The molecule has 1 rings (SSSR count). The second-order valence-electron chi connectivity index (χ2n) is 2.79. The van der Waals surface area contributed by atoms with Gasteiger partial charge in [-0.25, -0.2) is 0 Å². The topological polar surface area (TPSA) is 61.1 Å². The molecule has 0 fully saturated rings. The maximum atomic E-state index is 10.6. The Morgan fingerprint density at radius 3 is 2.29 bits per heavy atom. The fraction of sp³-hybridized carbons (Fsp3) is 0.200. The fourth-order valence-electron chi connectivity index (χ4n) is 0.989. The summed E-state index contributed by atoms with van der Waals surface area (Å²) in [6.45, 7) is 1.61. The van der Waals surface area contributed by atoms with E-state index in [1.807, 2.05) is 6.07 Å². The molecule has 0 bridgehead atoms. The number of hydrogen-bond donors (Lipinski definition) is 1. The van der Waals surface area contributed by atoms with Crippen LogP contribution in [0.5, 0.6) is 0 Å². The molecule has 0 aliphatic carbocycles. The minimum absolute atomic E-state index is 0. The van der Waals surface area contributed by atoms with Gasteiger partial charge in [-0.2, -0.15) is 5.26 Å². The van der Waals surface area contributed by atoms with E-state index >= 15 is 0 Å². The molecule has 4 heteroatoms. The molecule has 0 saturated heterocycles. The molecule has 74 valence electrons. The highest BCUT2D eigenvalue weighted by Gasteiger charge is 2.12. The minimum atomic E-state index is -0.857. The van der Waals surface area contributed by atoms with Crippen molar-refractivity contribution in [3.63, 3.8) is 0 Å². The van der Waals surface area contributed by atoms with Crippen molar-refractivity contribution in [2.45, 2.75) is 12.8 Å². The average molecular weight is 212 g/mol. The summed E-state index contributed by atoms with van der Waals surface area (Å²) in [5, 5.41) is 17.2. The molecule has 1 unspecified atom stereocenters. The van der Waals surface area contributed by atoms with Crippen molar-refractivity contribution in [1.82, 2.24) is 0 Å². The van der Waals surface area contributed by atoms with Gasteiger partial charge in [0.05, 0.1) is 17.6 Å². The van der Waals surface area contributed by atoms with Gasteiger partial charge in [-0.05, 0) is 24.6 Å². The first-order chi connectivity index (χ1) is 6.15. The summed E-state index contributed by atoms with van der Waals surface area (Å²) in [7, 11) is 0. The van der Waals surface area contributed by atoms with Crippen molar-refractivity contribution in [2.24, 2.45) is 0 Å². The van der Waals surface area contributed by atoms with Crippen LogP contribution in [0, 0.1) is 11.3 Å². The maximum absolute atomic E-state index is 10.6. The summed E-state index contributed by atoms with van der Waals surface area (Å²) in [4.78, 5) is 10.6. The normalized spacial score (nSPS) is 10.9. The van der Waals surface area contributed by atoms with Gasteiger partial charge in [0, 0.05) is 0 Å². The Balaban J connectivity index is 0.00000169. The highest BCUT2D eigenvalue weighted by Crippen LogP contribution is 2.15. The Morgan fingerprint density at radius 1 is 1.43 bits per heavy atom. The van der Waals surface area contributed by atoms with Crippen LogP contribution in [0.25, 0.3) is 0 Å². The van der Waals surface area contributed by atoms with Crippen LogP contribution in [0.4, 0.5) is 0 Å². The van der Waals surface area contributed by atoms with E-state index in [1.54, 1.807) is 31.2 Å². The van der Waals surface area contributed by atoms with E-state index in [2.05, 4.69) is 0 Å². The van der Waals surface area contributed by atoms with Gasteiger partial charge >= 0.3 is 5.97 Å². The van der Waals surface area contributed by atoms with Gasteiger partial charge in [0.25, 0.3) is 0 Å². The number of carbonyl (C=O) groups is 1. The monoisotopic (exact) mass is 211 g/mol. The number of nitrogens with zero attached hydrogens (tertiary/aromatic N) is 1. The van der Waals surface area contributed by atoms with Gasteiger partial charge < -0.3 is 5.11 Å². The van der Waals surface area contributed by atoms with E-state index < -0.39 is 11.9 Å². The second-order valence-corrected chi connectivity index (χ2v) is 2.79. The predicted octanol–water partition coefficient (Wildman–Crippen LogP) is 2.17. The van der Waals surface area contributed by atoms with Crippen LogP contribution in [0.2, 0.25) is 0 Å². The molecule has 14 heavy (non-hydrogen) atoms. The lowest BCUT2D eigenvalue weighted by Crippen LogP contribution is -2.06. The van der Waals surface area contributed by atoms with E-state index in [0.29, 0.717) is 11.1 Å². The molecule has 0 aliphatic heterocycles. The summed E-state index contributed by atoms with van der Waals surface area (Å²) in [5.41, 5.74) is 1.26. The van der Waals surface area contributed by atoms with Crippen LogP contribution in [0.1, 0.15) is 24.0 Å². The Labute approximate surface area is 88.4 Å². The number of nitriles is 1. The lowest BCUT2D eigenvalue weighted by atomic mass is 10.0. The maximum Gasteiger partial charge on any atom is 0.310 e. The van der Waals surface area contributed by atoms with E-state index in [-0.39, 0.29) is 12.4 Å². The molecule has 1 N–H and O–H groups in total. The van der Waals surface area contributed by atoms with Crippen molar-refractivity contribution in [3.05, 3.63) is 35.4 Å². The molecule has 0 spiro atoms. The minimum Gasteiger partial charge on any atom is -0.481 e. The molecule has 0 saturated carbocycles. The molecule has 0 heterocycles. The fourth-order valence-corrected chi connectivity index (χ4v) is 0.989. The molecule has 1 aromatic carbocycles. The summed E-state index contributed by atoms with van der Waals surface area (Å²) in [6, 6.07) is 8.54. The highest BCUT2D eigenvalue weighted by molar-refractivity contribution is 5.85. The van der Waals surface area contributed by atoms with Crippen LogP contribution in [-0.4, -0.2) is 11.1 Å². The number of aliphatic carboxylic acids is 1. The van der Waals surface area contributed by atoms with E-state index in [1.165, 1.54) is 0 Å². The third-order valence-electron chi connectivity index (χ3n) is 1.91. The quantitative estimate of drug-likeness (QED) is 0.816. The summed E-state index contributed by atoms with van der Waals surface area (Å²) in [5.74, 6) is -1.38. The molecule has 0 radical (unpaired) electrons. The standard InChI is InChI=1S/C10H9NO2.ClH/c1-7(10(12)13)9-4-2-8(6-11)3-5-9;/h2-5,7H,1H3,(H,12,13);1H.